The maximum absolute atomic E-state index is 10.8. The SMILES string of the molecule is CCc1ccc(C(C)N2CCOC(CC(=O)O)C2)cc1. The summed E-state index contributed by atoms with van der Waals surface area (Å²) >= 11 is 0. The van der Waals surface area contributed by atoms with Gasteiger partial charge in [-0.05, 0) is 24.5 Å². The van der Waals surface area contributed by atoms with Crippen molar-refractivity contribution >= 4 is 5.97 Å². The molecular formula is C16H23NO3. The van der Waals surface area contributed by atoms with Crippen LogP contribution in [-0.2, 0) is 16.0 Å². The number of carboxylic acid groups (broad SMARTS) is 1. The molecule has 1 aromatic rings. The van der Waals surface area contributed by atoms with Gasteiger partial charge in [0.05, 0.1) is 19.1 Å². The number of carbonyl (C=O) groups is 1. The zero-order chi connectivity index (χ0) is 14.5. The van der Waals surface area contributed by atoms with Gasteiger partial charge in [-0.15, -0.1) is 0 Å². The first-order valence-corrected chi connectivity index (χ1v) is 7.26. The second-order valence-electron chi connectivity index (χ2n) is 5.36. The molecule has 1 aliphatic rings. The number of aliphatic carboxylic acids is 1. The highest BCUT2D eigenvalue weighted by atomic mass is 16.5. The van der Waals surface area contributed by atoms with Crippen LogP contribution >= 0.6 is 0 Å². The fourth-order valence-electron chi connectivity index (χ4n) is 2.65. The van der Waals surface area contributed by atoms with Crippen molar-refractivity contribution in [1.82, 2.24) is 4.90 Å². The average molecular weight is 277 g/mol. The Morgan fingerprint density at radius 3 is 2.75 bits per heavy atom. The molecule has 0 spiro atoms. The summed E-state index contributed by atoms with van der Waals surface area (Å²) in [6.07, 6.45) is 0.934. The topological polar surface area (TPSA) is 49.8 Å². The normalized spacial score (nSPS) is 21.6. The van der Waals surface area contributed by atoms with Crippen LogP contribution in [0.25, 0.3) is 0 Å². The molecule has 20 heavy (non-hydrogen) atoms. The van der Waals surface area contributed by atoms with Gasteiger partial charge >= 0.3 is 5.97 Å². The molecule has 1 heterocycles. The van der Waals surface area contributed by atoms with Gasteiger partial charge in [-0.25, -0.2) is 0 Å². The molecule has 1 N–H and O–H groups in total. The molecule has 2 atom stereocenters. The van der Waals surface area contributed by atoms with E-state index in [-0.39, 0.29) is 12.5 Å². The van der Waals surface area contributed by atoms with E-state index in [0.717, 1.165) is 13.0 Å². The Morgan fingerprint density at radius 2 is 2.15 bits per heavy atom. The van der Waals surface area contributed by atoms with Crippen molar-refractivity contribution in [1.29, 1.82) is 0 Å². The minimum absolute atomic E-state index is 0.0813. The van der Waals surface area contributed by atoms with Gasteiger partial charge in [-0.2, -0.15) is 0 Å². The van der Waals surface area contributed by atoms with Crippen LogP contribution in [0.2, 0.25) is 0 Å². The third-order valence-corrected chi connectivity index (χ3v) is 3.99. The van der Waals surface area contributed by atoms with Gasteiger partial charge in [-0.1, -0.05) is 31.2 Å². The van der Waals surface area contributed by atoms with Gasteiger partial charge in [0.2, 0.25) is 0 Å². The molecule has 4 nitrogen and oxygen atoms in total. The zero-order valence-electron chi connectivity index (χ0n) is 12.2. The van der Waals surface area contributed by atoms with E-state index in [4.69, 9.17) is 9.84 Å². The van der Waals surface area contributed by atoms with E-state index in [0.29, 0.717) is 19.2 Å². The number of ether oxygens (including phenoxy) is 1. The van der Waals surface area contributed by atoms with Gasteiger partial charge in [0.1, 0.15) is 0 Å². The lowest BCUT2D eigenvalue weighted by Crippen LogP contribution is -2.44. The molecule has 4 heteroatoms. The van der Waals surface area contributed by atoms with Gasteiger partial charge in [0.15, 0.2) is 0 Å². The van der Waals surface area contributed by atoms with E-state index < -0.39 is 5.97 Å². The number of rotatable bonds is 5. The molecule has 110 valence electrons. The van der Waals surface area contributed by atoms with Crippen LogP contribution in [0.3, 0.4) is 0 Å². The predicted octanol–water partition coefficient (Wildman–Crippen LogP) is 2.49. The summed E-state index contributed by atoms with van der Waals surface area (Å²) in [5.41, 5.74) is 2.62. The summed E-state index contributed by atoms with van der Waals surface area (Å²) in [7, 11) is 0. The van der Waals surface area contributed by atoms with Gasteiger partial charge in [0.25, 0.3) is 0 Å². The quantitative estimate of drug-likeness (QED) is 0.898. The summed E-state index contributed by atoms with van der Waals surface area (Å²) in [6, 6.07) is 8.97. The Balaban J connectivity index is 1.99. The number of morpholine rings is 1. The molecule has 1 saturated heterocycles. The first-order chi connectivity index (χ1) is 9.60. The van der Waals surface area contributed by atoms with Crippen LogP contribution in [0, 0.1) is 0 Å². The molecule has 1 aromatic carbocycles. The second kappa shape index (κ2) is 6.86. The first-order valence-electron chi connectivity index (χ1n) is 7.26. The van der Waals surface area contributed by atoms with Crippen LogP contribution in [0.5, 0.6) is 0 Å². The van der Waals surface area contributed by atoms with Crippen molar-refractivity contribution in [3.05, 3.63) is 35.4 Å². The van der Waals surface area contributed by atoms with Crippen molar-refractivity contribution in [3.8, 4) is 0 Å². The van der Waals surface area contributed by atoms with E-state index in [2.05, 4.69) is 43.0 Å². The Bertz CT molecular complexity index is 444. The smallest absolute Gasteiger partial charge is 0.306 e. The molecule has 1 aliphatic heterocycles. The molecule has 2 unspecified atom stereocenters. The summed E-state index contributed by atoms with van der Waals surface area (Å²) in [5, 5.41) is 8.87. The first kappa shape index (κ1) is 15.0. The third kappa shape index (κ3) is 3.81. The van der Waals surface area contributed by atoms with E-state index in [9.17, 15) is 4.79 Å². The van der Waals surface area contributed by atoms with E-state index in [1.807, 2.05) is 0 Å². The average Bonchev–Trinajstić information content (AvgIpc) is 2.46. The lowest BCUT2D eigenvalue weighted by Gasteiger charge is -2.36. The minimum Gasteiger partial charge on any atom is -0.481 e. The summed E-state index contributed by atoms with van der Waals surface area (Å²) in [4.78, 5) is 13.1. The van der Waals surface area contributed by atoms with Crippen LogP contribution < -0.4 is 0 Å². The Morgan fingerprint density at radius 1 is 1.45 bits per heavy atom. The number of hydrogen-bond donors (Lipinski definition) is 1. The third-order valence-electron chi connectivity index (χ3n) is 3.99. The fraction of sp³-hybridized carbons (Fsp3) is 0.562. The van der Waals surface area contributed by atoms with Crippen molar-refractivity contribution in [2.24, 2.45) is 0 Å². The summed E-state index contributed by atoms with van der Waals surface area (Å²) in [6.45, 7) is 6.46. The van der Waals surface area contributed by atoms with Crippen LogP contribution in [0.1, 0.15) is 37.4 Å². The molecule has 0 radical (unpaired) electrons. The Kier molecular flexibility index (Phi) is 5.15. The number of carboxylic acids is 1. The summed E-state index contributed by atoms with van der Waals surface area (Å²) < 4.78 is 5.52. The van der Waals surface area contributed by atoms with Crippen LogP contribution in [0.4, 0.5) is 0 Å². The molecule has 0 saturated carbocycles. The highest BCUT2D eigenvalue weighted by Crippen LogP contribution is 2.23. The lowest BCUT2D eigenvalue weighted by molar-refractivity contribution is -0.142. The molecule has 0 aromatic heterocycles. The maximum atomic E-state index is 10.8. The molecular weight excluding hydrogens is 254 g/mol. The van der Waals surface area contributed by atoms with E-state index >= 15 is 0 Å². The Labute approximate surface area is 120 Å². The van der Waals surface area contributed by atoms with Crippen molar-refractivity contribution in [2.45, 2.75) is 38.8 Å². The van der Waals surface area contributed by atoms with Crippen molar-refractivity contribution < 1.29 is 14.6 Å². The van der Waals surface area contributed by atoms with E-state index in [1.165, 1.54) is 11.1 Å². The largest absolute Gasteiger partial charge is 0.481 e. The van der Waals surface area contributed by atoms with Crippen LogP contribution in [0.15, 0.2) is 24.3 Å². The molecule has 1 fully saturated rings. The molecule has 0 bridgehead atoms. The molecule has 2 rings (SSSR count). The zero-order valence-corrected chi connectivity index (χ0v) is 12.2. The highest BCUT2D eigenvalue weighted by Gasteiger charge is 2.26. The number of aryl methyl sites for hydroxylation is 1. The van der Waals surface area contributed by atoms with Gasteiger partial charge < -0.3 is 9.84 Å². The fourth-order valence-corrected chi connectivity index (χ4v) is 2.65. The minimum atomic E-state index is -0.795. The monoisotopic (exact) mass is 277 g/mol. The Hall–Kier alpha value is -1.39. The highest BCUT2D eigenvalue weighted by molar-refractivity contribution is 5.67. The lowest BCUT2D eigenvalue weighted by atomic mass is 10.0. The van der Waals surface area contributed by atoms with Gasteiger partial charge in [0, 0.05) is 19.1 Å². The van der Waals surface area contributed by atoms with Crippen molar-refractivity contribution in [3.63, 3.8) is 0 Å². The summed E-state index contributed by atoms with van der Waals surface area (Å²) in [5.74, 6) is -0.795. The maximum Gasteiger partial charge on any atom is 0.306 e. The van der Waals surface area contributed by atoms with E-state index in [1.54, 1.807) is 0 Å². The molecule has 0 aliphatic carbocycles. The standard InChI is InChI=1S/C16H23NO3/c1-3-13-4-6-14(7-5-13)12(2)17-8-9-20-15(11-17)10-16(18)19/h4-7,12,15H,3,8-11H2,1-2H3,(H,18,19). The predicted molar refractivity (Wildman–Crippen MR) is 77.8 cm³/mol. The van der Waals surface area contributed by atoms with Crippen LogP contribution in [-0.4, -0.2) is 41.8 Å². The second-order valence-corrected chi connectivity index (χ2v) is 5.36. The number of benzene rings is 1. The number of hydrogen-bond acceptors (Lipinski definition) is 3. The van der Waals surface area contributed by atoms with Gasteiger partial charge in [-0.3, -0.25) is 9.69 Å². The molecule has 0 amide bonds. The van der Waals surface area contributed by atoms with Crippen molar-refractivity contribution in [2.75, 3.05) is 19.7 Å². The number of nitrogens with zero attached hydrogens (tertiary/aromatic N) is 1.